The fourth-order valence-corrected chi connectivity index (χ4v) is 1.64. The first kappa shape index (κ1) is 11.1. The first-order valence-corrected chi connectivity index (χ1v) is 5.69. The molecule has 2 rings (SSSR count). The Hall–Kier alpha value is -1.42. The van der Waals surface area contributed by atoms with Gasteiger partial charge < -0.3 is 9.72 Å². The Kier molecular flexibility index (Phi) is 3.51. The zero-order chi connectivity index (χ0) is 11.4. The minimum Gasteiger partial charge on any atom is -0.382 e. The van der Waals surface area contributed by atoms with Gasteiger partial charge in [0.2, 0.25) is 0 Å². The summed E-state index contributed by atoms with van der Waals surface area (Å²) in [6.07, 6.45) is 1.90. The molecule has 0 aliphatic carbocycles. The SMILES string of the molecule is CCOCCCc1nc2nc(C)ccc2[nH]1. The monoisotopic (exact) mass is 219 g/mol. The average Bonchev–Trinajstić information content (AvgIpc) is 2.66. The molecule has 2 aromatic rings. The lowest BCUT2D eigenvalue weighted by Crippen LogP contribution is -1.97. The first-order valence-electron chi connectivity index (χ1n) is 5.69. The van der Waals surface area contributed by atoms with E-state index in [1.54, 1.807) is 0 Å². The molecule has 1 N–H and O–H groups in total. The Morgan fingerprint density at radius 2 is 2.19 bits per heavy atom. The number of pyridine rings is 1. The van der Waals surface area contributed by atoms with Crippen molar-refractivity contribution in [2.75, 3.05) is 13.2 Å². The van der Waals surface area contributed by atoms with Gasteiger partial charge in [-0.15, -0.1) is 0 Å². The molecule has 0 fully saturated rings. The second kappa shape index (κ2) is 5.07. The van der Waals surface area contributed by atoms with Crippen LogP contribution in [0, 0.1) is 6.92 Å². The van der Waals surface area contributed by atoms with E-state index in [1.807, 2.05) is 26.0 Å². The fraction of sp³-hybridized carbons (Fsp3) is 0.500. The lowest BCUT2D eigenvalue weighted by Gasteiger charge is -1.98. The Bertz CT molecular complexity index is 464. The Morgan fingerprint density at radius 1 is 1.31 bits per heavy atom. The van der Waals surface area contributed by atoms with Gasteiger partial charge in [0, 0.05) is 25.3 Å². The quantitative estimate of drug-likeness (QED) is 0.784. The Labute approximate surface area is 95.1 Å². The molecule has 0 saturated heterocycles. The Morgan fingerprint density at radius 3 is 3.00 bits per heavy atom. The molecule has 86 valence electrons. The summed E-state index contributed by atoms with van der Waals surface area (Å²) >= 11 is 0. The van der Waals surface area contributed by atoms with E-state index in [0.717, 1.165) is 48.7 Å². The number of nitrogens with one attached hydrogen (secondary N) is 1. The maximum absolute atomic E-state index is 5.29. The van der Waals surface area contributed by atoms with Crippen LogP contribution in [0.25, 0.3) is 11.2 Å². The van der Waals surface area contributed by atoms with Crippen LogP contribution in [-0.4, -0.2) is 28.2 Å². The van der Waals surface area contributed by atoms with E-state index in [9.17, 15) is 0 Å². The fourth-order valence-electron chi connectivity index (χ4n) is 1.64. The highest BCUT2D eigenvalue weighted by Gasteiger charge is 2.03. The predicted octanol–water partition coefficient (Wildman–Crippen LogP) is 2.24. The summed E-state index contributed by atoms with van der Waals surface area (Å²) < 4.78 is 5.29. The standard InChI is InChI=1S/C12H17N3O/c1-3-16-8-4-5-11-14-10-7-6-9(2)13-12(10)15-11/h6-7H,3-5,8H2,1-2H3,(H,13,14,15). The van der Waals surface area contributed by atoms with E-state index in [4.69, 9.17) is 4.74 Å². The number of hydrogen-bond acceptors (Lipinski definition) is 3. The van der Waals surface area contributed by atoms with Crippen molar-refractivity contribution in [1.82, 2.24) is 15.0 Å². The van der Waals surface area contributed by atoms with Crippen LogP contribution >= 0.6 is 0 Å². The van der Waals surface area contributed by atoms with Crippen LogP contribution in [0.4, 0.5) is 0 Å². The topological polar surface area (TPSA) is 50.8 Å². The van der Waals surface area contributed by atoms with E-state index in [2.05, 4.69) is 15.0 Å². The van der Waals surface area contributed by atoms with E-state index in [-0.39, 0.29) is 0 Å². The number of imidazole rings is 1. The van der Waals surface area contributed by atoms with Gasteiger partial charge in [-0.2, -0.15) is 0 Å². The van der Waals surface area contributed by atoms with Crippen molar-refractivity contribution in [2.45, 2.75) is 26.7 Å². The zero-order valence-corrected chi connectivity index (χ0v) is 9.79. The van der Waals surface area contributed by atoms with Gasteiger partial charge in [-0.3, -0.25) is 0 Å². The van der Waals surface area contributed by atoms with Gasteiger partial charge in [-0.05, 0) is 32.4 Å². The molecule has 16 heavy (non-hydrogen) atoms. The summed E-state index contributed by atoms with van der Waals surface area (Å²) in [6, 6.07) is 4.02. The maximum atomic E-state index is 5.29. The van der Waals surface area contributed by atoms with Gasteiger partial charge >= 0.3 is 0 Å². The van der Waals surface area contributed by atoms with Crippen molar-refractivity contribution < 1.29 is 4.74 Å². The van der Waals surface area contributed by atoms with E-state index in [0.29, 0.717) is 0 Å². The highest BCUT2D eigenvalue weighted by molar-refractivity contribution is 5.70. The molecule has 0 saturated carbocycles. The van der Waals surface area contributed by atoms with Crippen molar-refractivity contribution in [1.29, 1.82) is 0 Å². The van der Waals surface area contributed by atoms with E-state index >= 15 is 0 Å². The van der Waals surface area contributed by atoms with Crippen molar-refractivity contribution in [3.05, 3.63) is 23.7 Å². The number of hydrogen-bond donors (Lipinski definition) is 1. The van der Waals surface area contributed by atoms with Gasteiger partial charge in [-0.25, -0.2) is 9.97 Å². The smallest absolute Gasteiger partial charge is 0.177 e. The summed E-state index contributed by atoms with van der Waals surface area (Å²) in [5.74, 6) is 0.993. The number of fused-ring (bicyclic) bond motifs is 1. The number of aromatic amines is 1. The van der Waals surface area contributed by atoms with Crippen molar-refractivity contribution >= 4 is 11.2 Å². The third kappa shape index (κ3) is 2.58. The summed E-state index contributed by atoms with van der Waals surface area (Å²) in [6.45, 7) is 5.55. The van der Waals surface area contributed by atoms with Crippen LogP contribution in [-0.2, 0) is 11.2 Å². The molecule has 4 heteroatoms. The zero-order valence-electron chi connectivity index (χ0n) is 9.79. The molecule has 0 atom stereocenters. The molecule has 2 heterocycles. The number of aryl methyl sites for hydroxylation is 2. The van der Waals surface area contributed by atoms with Gasteiger partial charge in [0.1, 0.15) is 5.82 Å². The van der Waals surface area contributed by atoms with Crippen LogP contribution in [0.3, 0.4) is 0 Å². The third-order valence-corrected chi connectivity index (χ3v) is 2.44. The number of rotatable bonds is 5. The molecule has 0 aromatic carbocycles. The second-order valence-corrected chi connectivity index (χ2v) is 3.81. The minimum atomic E-state index is 0.779. The minimum absolute atomic E-state index is 0.779. The van der Waals surface area contributed by atoms with Crippen LogP contribution in [0.1, 0.15) is 24.9 Å². The van der Waals surface area contributed by atoms with Gasteiger partial charge in [0.05, 0.1) is 5.52 Å². The number of H-pyrrole nitrogens is 1. The molecule has 4 nitrogen and oxygen atoms in total. The molecule has 0 bridgehead atoms. The van der Waals surface area contributed by atoms with Gasteiger partial charge in [0.25, 0.3) is 0 Å². The van der Waals surface area contributed by atoms with E-state index < -0.39 is 0 Å². The summed E-state index contributed by atoms with van der Waals surface area (Å²) in [4.78, 5) is 12.1. The van der Waals surface area contributed by atoms with Crippen molar-refractivity contribution in [3.63, 3.8) is 0 Å². The average molecular weight is 219 g/mol. The molecule has 0 amide bonds. The molecule has 0 radical (unpaired) electrons. The van der Waals surface area contributed by atoms with E-state index in [1.165, 1.54) is 0 Å². The Balaban J connectivity index is 2.02. The molecular weight excluding hydrogens is 202 g/mol. The second-order valence-electron chi connectivity index (χ2n) is 3.81. The number of nitrogens with zero attached hydrogens (tertiary/aromatic N) is 2. The number of aromatic nitrogens is 3. The molecule has 0 aliphatic heterocycles. The summed E-state index contributed by atoms with van der Waals surface area (Å²) in [5.41, 5.74) is 2.82. The lowest BCUT2D eigenvalue weighted by atomic mass is 10.3. The van der Waals surface area contributed by atoms with Crippen molar-refractivity contribution in [2.24, 2.45) is 0 Å². The third-order valence-electron chi connectivity index (χ3n) is 2.44. The number of ether oxygens (including phenoxy) is 1. The maximum Gasteiger partial charge on any atom is 0.177 e. The van der Waals surface area contributed by atoms with Gasteiger partial charge in [-0.1, -0.05) is 0 Å². The lowest BCUT2D eigenvalue weighted by molar-refractivity contribution is 0.145. The largest absolute Gasteiger partial charge is 0.382 e. The van der Waals surface area contributed by atoms with Crippen molar-refractivity contribution in [3.8, 4) is 0 Å². The molecule has 2 aromatic heterocycles. The molecule has 0 aliphatic rings. The van der Waals surface area contributed by atoms with Crippen LogP contribution < -0.4 is 0 Å². The van der Waals surface area contributed by atoms with Crippen LogP contribution in [0.15, 0.2) is 12.1 Å². The van der Waals surface area contributed by atoms with Crippen LogP contribution in [0.2, 0.25) is 0 Å². The van der Waals surface area contributed by atoms with Gasteiger partial charge in [0.15, 0.2) is 5.65 Å². The molecule has 0 unspecified atom stereocenters. The first-order chi connectivity index (χ1) is 7.79. The summed E-state index contributed by atoms with van der Waals surface area (Å²) in [5, 5.41) is 0. The predicted molar refractivity (Wildman–Crippen MR) is 63.4 cm³/mol. The highest BCUT2D eigenvalue weighted by Crippen LogP contribution is 2.10. The summed E-state index contributed by atoms with van der Waals surface area (Å²) in [7, 11) is 0. The van der Waals surface area contributed by atoms with Crippen LogP contribution in [0.5, 0.6) is 0 Å². The molecule has 0 spiro atoms. The normalized spacial score (nSPS) is 11.1. The highest BCUT2D eigenvalue weighted by atomic mass is 16.5. The molecular formula is C12H17N3O.